The van der Waals surface area contributed by atoms with Crippen LogP contribution in [0, 0.1) is 26.7 Å². The number of hydrogen-bond donors (Lipinski definition) is 0. The van der Waals surface area contributed by atoms with Crippen LogP contribution in [-0.2, 0) is 6.54 Å². The quantitative estimate of drug-likeness (QED) is 0.711. The average Bonchev–Trinajstić information content (AvgIpc) is 2.99. The molecule has 1 fully saturated rings. The van der Waals surface area contributed by atoms with Gasteiger partial charge in [0, 0.05) is 17.6 Å². The van der Waals surface area contributed by atoms with Crippen LogP contribution in [0.15, 0.2) is 18.2 Å². The zero-order chi connectivity index (χ0) is 11.3. The topological polar surface area (TPSA) is 4.93 Å². The Morgan fingerprint density at radius 2 is 1.81 bits per heavy atom. The van der Waals surface area contributed by atoms with Crippen LogP contribution >= 0.6 is 0 Å². The van der Waals surface area contributed by atoms with E-state index < -0.39 is 0 Å². The van der Waals surface area contributed by atoms with E-state index in [0.29, 0.717) is 0 Å². The molecule has 1 heteroatoms. The lowest BCUT2D eigenvalue weighted by Gasteiger charge is -2.09. The van der Waals surface area contributed by atoms with Gasteiger partial charge in [0.2, 0.25) is 0 Å². The summed E-state index contributed by atoms with van der Waals surface area (Å²) in [4.78, 5) is 0. The maximum atomic E-state index is 2.52. The molecule has 0 radical (unpaired) electrons. The van der Waals surface area contributed by atoms with E-state index in [4.69, 9.17) is 0 Å². The Morgan fingerprint density at radius 3 is 2.50 bits per heavy atom. The Bertz CT molecular complexity index is 544. The third-order valence-corrected chi connectivity index (χ3v) is 3.82. The van der Waals surface area contributed by atoms with Gasteiger partial charge in [0.1, 0.15) is 0 Å². The molecule has 0 amide bonds. The van der Waals surface area contributed by atoms with E-state index >= 15 is 0 Å². The fourth-order valence-corrected chi connectivity index (χ4v) is 2.62. The summed E-state index contributed by atoms with van der Waals surface area (Å²) in [5.41, 5.74) is 5.69. The lowest BCUT2D eigenvalue weighted by Crippen LogP contribution is -2.02. The van der Waals surface area contributed by atoms with Crippen molar-refractivity contribution in [2.45, 2.75) is 40.2 Å². The molecule has 16 heavy (non-hydrogen) atoms. The first-order valence-corrected chi connectivity index (χ1v) is 6.23. The van der Waals surface area contributed by atoms with Gasteiger partial charge < -0.3 is 4.57 Å². The molecule has 2 aromatic rings. The molecule has 0 spiro atoms. The third kappa shape index (κ3) is 1.46. The van der Waals surface area contributed by atoms with Gasteiger partial charge in [-0.15, -0.1) is 0 Å². The lowest BCUT2D eigenvalue weighted by atomic mass is 10.1. The molecule has 0 N–H and O–H groups in total. The average molecular weight is 213 g/mol. The van der Waals surface area contributed by atoms with Gasteiger partial charge in [-0.2, -0.15) is 0 Å². The second-order valence-electron chi connectivity index (χ2n) is 5.30. The van der Waals surface area contributed by atoms with Crippen LogP contribution in [0.3, 0.4) is 0 Å². The smallest absolute Gasteiger partial charge is 0.0514 e. The number of rotatable bonds is 2. The third-order valence-electron chi connectivity index (χ3n) is 3.82. The largest absolute Gasteiger partial charge is 0.344 e. The highest BCUT2D eigenvalue weighted by Gasteiger charge is 2.23. The van der Waals surface area contributed by atoms with E-state index in [2.05, 4.69) is 43.5 Å². The van der Waals surface area contributed by atoms with Crippen molar-refractivity contribution in [1.29, 1.82) is 0 Å². The van der Waals surface area contributed by atoms with Crippen molar-refractivity contribution in [1.82, 2.24) is 4.57 Å². The van der Waals surface area contributed by atoms with Gasteiger partial charge in [-0.1, -0.05) is 12.1 Å². The SMILES string of the molecule is Cc1ccc(C)c2c1cc(C)n2CC1CC1. The normalized spacial score (nSPS) is 15.9. The van der Waals surface area contributed by atoms with Crippen LogP contribution in [-0.4, -0.2) is 4.57 Å². The summed E-state index contributed by atoms with van der Waals surface area (Å²) in [7, 11) is 0. The molecule has 0 aliphatic heterocycles. The van der Waals surface area contributed by atoms with Crippen molar-refractivity contribution in [2.75, 3.05) is 0 Å². The minimum Gasteiger partial charge on any atom is -0.344 e. The van der Waals surface area contributed by atoms with Gasteiger partial charge in [-0.3, -0.25) is 0 Å². The number of fused-ring (bicyclic) bond motifs is 1. The maximum Gasteiger partial charge on any atom is 0.0514 e. The van der Waals surface area contributed by atoms with E-state index in [1.807, 2.05) is 0 Å². The van der Waals surface area contributed by atoms with Crippen LogP contribution in [0.1, 0.15) is 29.7 Å². The van der Waals surface area contributed by atoms with Crippen LogP contribution in [0.25, 0.3) is 10.9 Å². The standard InChI is InChI=1S/C15H19N/c1-10-4-5-11(2)15-14(10)8-12(3)16(15)9-13-6-7-13/h4-5,8,13H,6-7,9H2,1-3H3. The Balaban J connectivity index is 2.24. The van der Waals surface area contributed by atoms with Crippen molar-refractivity contribution >= 4 is 10.9 Å². The number of aromatic nitrogens is 1. The first kappa shape index (κ1) is 9.95. The molecule has 1 aromatic carbocycles. The zero-order valence-corrected chi connectivity index (χ0v) is 10.4. The second-order valence-corrected chi connectivity index (χ2v) is 5.30. The van der Waals surface area contributed by atoms with E-state index in [1.54, 1.807) is 0 Å². The summed E-state index contributed by atoms with van der Waals surface area (Å²) in [5, 5.41) is 1.44. The Kier molecular flexibility index (Phi) is 2.10. The number of aryl methyl sites for hydroxylation is 3. The first-order valence-electron chi connectivity index (χ1n) is 6.23. The van der Waals surface area contributed by atoms with Crippen LogP contribution in [0.2, 0.25) is 0 Å². The van der Waals surface area contributed by atoms with Gasteiger partial charge in [0.25, 0.3) is 0 Å². The second kappa shape index (κ2) is 3.38. The fourth-order valence-electron chi connectivity index (χ4n) is 2.62. The van der Waals surface area contributed by atoms with Gasteiger partial charge in [0.05, 0.1) is 5.52 Å². The number of hydrogen-bond acceptors (Lipinski definition) is 0. The fraction of sp³-hybridized carbons (Fsp3) is 0.467. The van der Waals surface area contributed by atoms with Crippen molar-refractivity contribution in [3.63, 3.8) is 0 Å². The van der Waals surface area contributed by atoms with Gasteiger partial charge >= 0.3 is 0 Å². The Labute approximate surface area is 97.1 Å². The molecule has 1 heterocycles. The summed E-state index contributed by atoms with van der Waals surface area (Å²) in [5.74, 6) is 0.939. The summed E-state index contributed by atoms with van der Waals surface area (Å²) in [6.45, 7) is 7.90. The molecular formula is C15H19N. The Hall–Kier alpha value is -1.24. The van der Waals surface area contributed by atoms with E-state index in [1.165, 1.54) is 47.1 Å². The summed E-state index contributed by atoms with van der Waals surface area (Å²) >= 11 is 0. The van der Waals surface area contributed by atoms with Crippen molar-refractivity contribution < 1.29 is 0 Å². The maximum absolute atomic E-state index is 2.52. The molecule has 0 unspecified atom stereocenters. The number of nitrogens with zero attached hydrogens (tertiary/aromatic N) is 1. The molecule has 1 aromatic heterocycles. The zero-order valence-electron chi connectivity index (χ0n) is 10.4. The molecule has 84 valence electrons. The molecule has 0 saturated heterocycles. The molecule has 1 saturated carbocycles. The highest BCUT2D eigenvalue weighted by molar-refractivity contribution is 5.87. The van der Waals surface area contributed by atoms with Gasteiger partial charge in [-0.05, 0) is 56.7 Å². The molecule has 0 atom stereocenters. The van der Waals surface area contributed by atoms with E-state index in [0.717, 1.165) is 5.92 Å². The van der Waals surface area contributed by atoms with Gasteiger partial charge in [0.15, 0.2) is 0 Å². The highest BCUT2D eigenvalue weighted by Crippen LogP contribution is 2.34. The van der Waals surface area contributed by atoms with Crippen LogP contribution < -0.4 is 0 Å². The first-order chi connectivity index (χ1) is 7.66. The molecular weight excluding hydrogens is 194 g/mol. The molecule has 1 nitrogen and oxygen atoms in total. The van der Waals surface area contributed by atoms with E-state index in [9.17, 15) is 0 Å². The van der Waals surface area contributed by atoms with Crippen LogP contribution in [0.4, 0.5) is 0 Å². The minimum atomic E-state index is 0.939. The summed E-state index contributed by atoms with van der Waals surface area (Å²) < 4.78 is 2.52. The summed E-state index contributed by atoms with van der Waals surface area (Å²) in [6, 6.07) is 6.83. The molecule has 1 aliphatic rings. The highest BCUT2D eigenvalue weighted by atomic mass is 15.0. The van der Waals surface area contributed by atoms with Crippen molar-refractivity contribution in [3.05, 3.63) is 35.0 Å². The van der Waals surface area contributed by atoms with Crippen molar-refractivity contribution in [2.24, 2.45) is 5.92 Å². The van der Waals surface area contributed by atoms with Crippen molar-refractivity contribution in [3.8, 4) is 0 Å². The lowest BCUT2D eigenvalue weighted by molar-refractivity contribution is 0.632. The molecule has 3 rings (SSSR count). The van der Waals surface area contributed by atoms with Crippen LogP contribution in [0.5, 0.6) is 0 Å². The molecule has 0 bridgehead atoms. The number of benzene rings is 1. The predicted octanol–water partition coefficient (Wildman–Crippen LogP) is 3.98. The molecule has 1 aliphatic carbocycles. The minimum absolute atomic E-state index is 0.939. The predicted molar refractivity (Wildman–Crippen MR) is 68.9 cm³/mol. The van der Waals surface area contributed by atoms with Gasteiger partial charge in [-0.25, -0.2) is 0 Å². The van der Waals surface area contributed by atoms with E-state index in [-0.39, 0.29) is 0 Å². The Morgan fingerprint density at radius 1 is 1.12 bits per heavy atom. The monoisotopic (exact) mass is 213 g/mol. The summed E-state index contributed by atoms with van der Waals surface area (Å²) in [6.07, 6.45) is 2.84.